The van der Waals surface area contributed by atoms with Crippen LogP contribution < -0.4 is 10.5 Å². The molecule has 1 heterocycles. The summed E-state index contributed by atoms with van der Waals surface area (Å²) in [5, 5.41) is -0.465. The number of hydrogen-bond acceptors (Lipinski definition) is 4. The number of nitrogens with two attached hydrogens (primary N) is 1. The minimum Gasteiger partial charge on any atom is -0.381 e. The quantitative estimate of drug-likeness (QED) is 0.699. The van der Waals surface area contributed by atoms with Crippen molar-refractivity contribution in [3.05, 3.63) is 0 Å². The standard InChI is InChI=1S/C10H22N2O3S/c1-2-10(7-11)16(13,14)12-8-9-3-5-15-6-4-9/h9-10,12H,2-8,11H2,1H3. The van der Waals surface area contributed by atoms with Gasteiger partial charge in [0.2, 0.25) is 10.0 Å². The van der Waals surface area contributed by atoms with Crippen LogP contribution in [0.25, 0.3) is 0 Å². The molecule has 1 fully saturated rings. The van der Waals surface area contributed by atoms with Crippen molar-refractivity contribution in [2.75, 3.05) is 26.3 Å². The Labute approximate surface area is 97.8 Å². The zero-order chi connectivity index (χ0) is 12.0. The molecule has 0 aliphatic carbocycles. The van der Waals surface area contributed by atoms with Crippen LogP contribution in [0.5, 0.6) is 0 Å². The van der Waals surface area contributed by atoms with Crippen molar-refractivity contribution >= 4 is 10.0 Å². The molecule has 0 saturated carbocycles. The molecule has 1 aliphatic rings. The largest absolute Gasteiger partial charge is 0.381 e. The minimum absolute atomic E-state index is 0.180. The lowest BCUT2D eigenvalue weighted by molar-refractivity contribution is 0.0678. The van der Waals surface area contributed by atoms with Crippen LogP contribution in [0.1, 0.15) is 26.2 Å². The Hall–Kier alpha value is -0.170. The highest BCUT2D eigenvalue weighted by Crippen LogP contribution is 2.14. The first kappa shape index (κ1) is 13.9. The van der Waals surface area contributed by atoms with Crippen LogP contribution in [0.15, 0.2) is 0 Å². The van der Waals surface area contributed by atoms with Crippen LogP contribution in [0.2, 0.25) is 0 Å². The molecular formula is C10H22N2O3S. The van der Waals surface area contributed by atoms with Gasteiger partial charge in [0.05, 0.1) is 5.25 Å². The monoisotopic (exact) mass is 250 g/mol. The fourth-order valence-corrected chi connectivity index (χ4v) is 3.21. The molecule has 0 spiro atoms. The third kappa shape index (κ3) is 4.01. The van der Waals surface area contributed by atoms with Gasteiger partial charge in [0, 0.05) is 26.3 Å². The zero-order valence-corrected chi connectivity index (χ0v) is 10.6. The summed E-state index contributed by atoms with van der Waals surface area (Å²) in [7, 11) is -3.24. The Morgan fingerprint density at radius 2 is 2.06 bits per heavy atom. The maximum Gasteiger partial charge on any atom is 0.215 e. The molecular weight excluding hydrogens is 228 g/mol. The number of hydrogen-bond donors (Lipinski definition) is 2. The zero-order valence-electron chi connectivity index (χ0n) is 9.81. The van der Waals surface area contributed by atoms with Gasteiger partial charge in [-0.3, -0.25) is 0 Å². The summed E-state index contributed by atoms with van der Waals surface area (Å²) < 4.78 is 31.5. The molecule has 5 nitrogen and oxygen atoms in total. The summed E-state index contributed by atoms with van der Waals surface area (Å²) in [4.78, 5) is 0. The van der Waals surface area contributed by atoms with Crippen molar-refractivity contribution in [2.45, 2.75) is 31.4 Å². The van der Waals surface area contributed by atoms with Gasteiger partial charge in [-0.05, 0) is 25.2 Å². The first-order chi connectivity index (χ1) is 7.60. The van der Waals surface area contributed by atoms with E-state index >= 15 is 0 Å². The normalized spacial score (nSPS) is 20.9. The number of rotatable bonds is 6. The summed E-state index contributed by atoms with van der Waals surface area (Å²) in [5.74, 6) is 0.402. The Balaban J connectivity index is 2.40. The Morgan fingerprint density at radius 3 is 2.56 bits per heavy atom. The maximum atomic E-state index is 11.8. The van der Waals surface area contributed by atoms with Crippen molar-refractivity contribution < 1.29 is 13.2 Å². The summed E-state index contributed by atoms with van der Waals surface area (Å²) in [6.07, 6.45) is 2.42. The molecule has 1 atom stereocenters. The van der Waals surface area contributed by atoms with Gasteiger partial charge < -0.3 is 10.5 Å². The number of sulfonamides is 1. The van der Waals surface area contributed by atoms with Crippen molar-refractivity contribution in [1.29, 1.82) is 0 Å². The second-order valence-electron chi connectivity index (χ2n) is 4.22. The molecule has 0 aromatic heterocycles. The van der Waals surface area contributed by atoms with E-state index in [1.54, 1.807) is 0 Å². The molecule has 6 heteroatoms. The molecule has 1 saturated heterocycles. The first-order valence-electron chi connectivity index (χ1n) is 5.86. The summed E-state index contributed by atoms with van der Waals surface area (Å²) in [6, 6.07) is 0. The van der Waals surface area contributed by atoms with Gasteiger partial charge in [0.1, 0.15) is 0 Å². The van der Waals surface area contributed by atoms with Gasteiger partial charge >= 0.3 is 0 Å². The third-order valence-corrected chi connectivity index (χ3v) is 5.04. The van der Waals surface area contributed by atoms with Crippen LogP contribution in [-0.2, 0) is 14.8 Å². The van der Waals surface area contributed by atoms with Gasteiger partial charge in [0.25, 0.3) is 0 Å². The van der Waals surface area contributed by atoms with Gasteiger partial charge in [-0.2, -0.15) is 0 Å². The molecule has 0 aromatic rings. The Morgan fingerprint density at radius 1 is 1.44 bits per heavy atom. The fraction of sp³-hybridized carbons (Fsp3) is 1.00. The summed E-state index contributed by atoms with van der Waals surface area (Å²) in [6.45, 7) is 4.01. The van der Waals surface area contributed by atoms with Crippen LogP contribution in [0.4, 0.5) is 0 Å². The van der Waals surface area contributed by atoms with Crippen LogP contribution in [-0.4, -0.2) is 40.0 Å². The fourth-order valence-electron chi connectivity index (χ4n) is 1.82. The lowest BCUT2D eigenvalue weighted by Gasteiger charge is -2.23. The minimum atomic E-state index is -3.24. The van der Waals surface area contributed by atoms with E-state index in [0.717, 1.165) is 26.1 Å². The highest BCUT2D eigenvalue weighted by molar-refractivity contribution is 7.90. The van der Waals surface area contributed by atoms with E-state index < -0.39 is 15.3 Å². The summed E-state index contributed by atoms with van der Waals surface area (Å²) >= 11 is 0. The smallest absolute Gasteiger partial charge is 0.215 e. The van der Waals surface area contributed by atoms with Crippen molar-refractivity contribution in [3.63, 3.8) is 0 Å². The Kier molecular flexibility index (Phi) is 5.68. The van der Waals surface area contributed by atoms with Gasteiger partial charge in [-0.1, -0.05) is 6.92 Å². The van der Waals surface area contributed by atoms with Gasteiger partial charge in [-0.25, -0.2) is 13.1 Å². The topological polar surface area (TPSA) is 81.4 Å². The molecule has 1 rings (SSSR count). The van der Waals surface area contributed by atoms with Gasteiger partial charge in [0.15, 0.2) is 0 Å². The predicted molar refractivity (Wildman–Crippen MR) is 63.6 cm³/mol. The summed E-state index contributed by atoms with van der Waals surface area (Å²) in [5.41, 5.74) is 5.44. The van der Waals surface area contributed by atoms with Crippen LogP contribution >= 0.6 is 0 Å². The SMILES string of the molecule is CCC(CN)S(=O)(=O)NCC1CCOCC1. The molecule has 0 aromatic carbocycles. The average molecular weight is 250 g/mol. The maximum absolute atomic E-state index is 11.8. The van der Waals surface area contributed by atoms with Crippen LogP contribution in [0, 0.1) is 5.92 Å². The second-order valence-corrected chi connectivity index (χ2v) is 6.26. The van der Waals surface area contributed by atoms with Crippen molar-refractivity contribution in [1.82, 2.24) is 4.72 Å². The van der Waals surface area contributed by atoms with E-state index in [-0.39, 0.29) is 6.54 Å². The molecule has 1 unspecified atom stereocenters. The van der Waals surface area contributed by atoms with Crippen LogP contribution in [0.3, 0.4) is 0 Å². The van der Waals surface area contributed by atoms with E-state index in [1.807, 2.05) is 6.92 Å². The van der Waals surface area contributed by atoms with E-state index in [0.29, 0.717) is 18.9 Å². The predicted octanol–water partition coefficient (Wildman–Crippen LogP) is 0.0697. The van der Waals surface area contributed by atoms with E-state index in [2.05, 4.69) is 4.72 Å². The molecule has 96 valence electrons. The molecule has 3 N–H and O–H groups in total. The average Bonchev–Trinajstić information content (AvgIpc) is 2.29. The first-order valence-corrected chi connectivity index (χ1v) is 7.41. The third-order valence-electron chi connectivity index (χ3n) is 3.07. The Bertz CT molecular complexity index is 282. The highest BCUT2D eigenvalue weighted by Gasteiger charge is 2.23. The second kappa shape index (κ2) is 6.54. The molecule has 0 amide bonds. The lowest BCUT2D eigenvalue weighted by Crippen LogP contribution is -2.41. The van der Waals surface area contributed by atoms with Crippen molar-refractivity contribution in [3.8, 4) is 0 Å². The van der Waals surface area contributed by atoms with E-state index in [4.69, 9.17) is 10.5 Å². The lowest BCUT2D eigenvalue weighted by atomic mass is 10.0. The van der Waals surface area contributed by atoms with Crippen molar-refractivity contribution in [2.24, 2.45) is 11.7 Å². The molecule has 1 aliphatic heterocycles. The van der Waals surface area contributed by atoms with E-state index in [9.17, 15) is 8.42 Å². The molecule has 0 radical (unpaired) electrons. The highest BCUT2D eigenvalue weighted by atomic mass is 32.2. The van der Waals surface area contributed by atoms with Gasteiger partial charge in [-0.15, -0.1) is 0 Å². The number of ether oxygens (including phenoxy) is 1. The number of nitrogens with one attached hydrogen (secondary N) is 1. The molecule has 0 bridgehead atoms. The molecule has 16 heavy (non-hydrogen) atoms. The van der Waals surface area contributed by atoms with E-state index in [1.165, 1.54) is 0 Å².